The monoisotopic (exact) mass is 319 g/mol. The van der Waals surface area contributed by atoms with Crippen LogP contribution in [-0.4, -0.2) is 16.5 Å². The highest BCUT2D eigenvalue weighted by atomic mass is 35.5. The molecule has 5 N–H and O–H groups in total. The van der Waals surface area contributed by atoms with Gasteiger partial charge in [0, 0.05) is 5.56 Å². The van der Waals surface area contributed by atoms with Crippen molar-refractivity contribution in [3.8, 4) is 11.1 Å². The molecule has 22 heavy (non-hydrogen) atoms. The van der Waals surface area contributed by atoms with Crippen molar-refractivity contribution >= 4 is 29.1 Å². The van der Waals surface area contributed by atoms with E-state index in [0.717, 1.165) is 16.8 Å². The number of aryl methyl sites for hydroxylation is 1. The molecule has 0 fully saturated rings. The van der Waals surface area contributed by atoms with Gasteiger partial charge in [-0.3, -0.25) is 5.43 Å². The summed E-state index contributed by atoms with van der Waals surface area (Å²) in [6.07, 6.45) is 0.688. The van der Waals surface area contributed by atoms with Crippen molar-refractivity contribution in [1.82, 2.24) is 9.97 Å². The number of anilines is 3. The predicted octanol–water partition coefficient (Wildman–Crippen LogP) is 3.32. The number of benzene rings is 1. The van der Waals surface area contributed by atoms with E-state index in [1.165, 1.54) is 0 Å². The zero-order valence-corrected chi connectivity index (χ0v) is 13.2. The first-order valence-corrected chi connectivity index (χ1v) is 7.28. The van der Waals surface area contributed by atoms with Crippen LogP contribution in [0, 0.1) is 0 Å². The highest BCUT2D eigenvalue weighted by Gasteiger charge is 2.14. The standard InChI is InChI=1S/C14H18ClN7/c1-3-10-12(13(16)20-14(17)19-10)8-5-6-9(15)11(7-8)21-22-18-4-2/h5-7H,3-4H2,1-2H3,(H,18,21)(H4,16,17,19,20). The molecule has 0 aliphatic heterocycles. The van der Waals surface area contributed by atoms with Crippen LogP contribution in [0.4, 0.5) is 17.5 Å². The van der Waals surface area contributed by atoms with E-state index in [2.05, 4.69) is 25.7 Å². The third kappa shape index (κ3) is 3.43. The van der Waals surface area contributed by atoms with E-state index in [9.17, 15) is 0 Å². The molecule has 1 aromatic carbocycles. The van der Waals surface area contributed by atoms with Gasteiger partial charge in [0.1, 0.15) is 5.82 Å². The van der Waals surface area contributed by atoms with E-state index in [1.54, 1.807) is 6.07 Å². The van der Waals surface area contributed by atoms with Crippen LogP contribution < -0.4 is 16.9 Å². The average Bonchev–Trinajstić information content (AvgIpc) is 2.49. The molecular formula is C14H18ClN7. The van der Waals surface area contributed by atoms with Gasteiger partial charge in [0.05, 0.1) is 22.9 Å². The van der Waals surface area contributed by atoms with Crippen LogP contribution in [-0.2, 0) is 6.42 Å². The van der Waals surface area contributed by atoms with Crippen LogP contribution in [0.15, 0.2) is 28.5 Å². The first-order chi connectivity index (χ1) is 10.6. The fourth-order valence-electron chi connectivity index (χ4n) is 2.04. The summed E-state index contributed by atoms with van der Waals surface area (Å²) in [5.74, 6) is 0.509. The molecule has 0 bridgehead atoms. The Balaban J connectivity index is 2.49. The summed E-state index contributed by atoms with van der Waals surface area (Å²) in [5, 5.41) is 8.24. The van der Waals surface area contributed by atoms with E-state index in [1.807, 2.05) is 26.0 Å². The summed E-state index contributed by atoms with van der Waals surface area (Å²) < 4.78 is 0. The summed E-state index contributed by atoms with van der Waals surface area (Å²) in [6, 6.07) is 5.45. The normalized spacial score (nSPS) is 11.0. The number of nitrogens with one attached hydrogen (secondary N) is 1. The van der Waals surface area contributed by atoms with Gasteiger partial charge in [-0.15, -0.1) is 0 Å². The molecule has 0 amide bonds. The number of hydrogen-bond donors (Lipinski definition) is 3. The fraction of sp³-hybridized carbons (Fsp3) is 0.286. The summed E-state index contributed by atoms with van der Waals surface area (Å²) >= 11 is 6.15. The molecule has 8 heteroatoms. The Morgan fingerprint density at radius 1 is 1.23 bits per heavy atom. The van der Waals surface area contributed by atoms with Gasteiger partial charge in [-0.25, -0.2) is 4.98 Å². The van der Waals surface area contributed by atoms with Crippen molar-refractivity contribution in [1.29, 1.82) is 0 Å². The minimum Gasteiger partial charge on any atom is -0.383 e. The lowest BCUT2D eigenvalue weighted by Gasteiger charge is -2.12. The number of nitrogen functional groups attached to an aromatic ring is 2. The maximum absolute atomic E-state index is 6.15. The third-order valence-electron chi connectivity index (χ3n) is 3.00. The number of nitrogens with two attached hydrogens (primary N) is 2. The first-order valence-electron chi connectivity index (χ1n) is 6.91. The summed E-state index contributed by atoms with van der Waals surface area (Å²) in [6.45, 7) is 4.46. The molecule has 2 aromatic rings. The molecule has 0 spiro atoms. The molecule has 0 unspecified atom stereocenters. The summed E-state index contributed by atoms with van der Waals surface area (Å²) in [4.78, 5) is 8.28. The van der Waals surface area contributed by atoms with Gasteiger partial charge in [0.2, 0.25) is 5.95 Å². The number of halogens is 1. The molecular weight excluding hydrogens is 302 g/mol. The Labute approximate surface area is 133 Å². The molecule has 0 aliphatic carbocycles. The van der Waals surface area contributed by atoms with E-state index in [4.69, 9.17) is 23.1 Å². The van der Waals surface area contributed by atoms with Crippen LogP contribution in [0.5, 0.6) is 0 Å². The van der Waals surface area contributed by atoms with E-state index in [0.29, 0.717) is 29.5 Å². The Morgan fingerprint density at radius 3 is 2.68 bits per heavy atom. The van der Waals surface area contributed by atoms with Crippen molar-refractivity contribution in [3.05, 3.63) is 28.9 Å². The average molecular weight is 320 g/mol. The van der Waals surface area contributed by atoms with Crippen molar-refractivity contribution < 1.29 is 0 Å². The molecule has 1 heterocycles. The zero-order valence-electron chi connectivity index (χ0n) is 12.5. The van der Waals surface area contributed by atoms with Gasteiger partial charge < -0.3 is 11.5 Å². The molecule has 1 aromatic heterocycles. The van der Waals surface area contributed by atoms with Gasteiger partial charge >= 0.3 is 0 Å². The quantitative estimate of drug-likeness (QED) is 0.577. The van der Waals surface area contributed by atoms with Crippen LogP contribution in [0.25, 0.3) is 11.1 Å². The lowest BCUT2D eigenvalue weighted by molar-refractivity contribution is 0.964. The molecule has 0 saturated heterocycles. The van der Waals surface area contributed by atoms with E-state index in [-0.39, 0.29) is 5.95 Å². The Bertz CT molecular complexity index is 700. The van der Waals surface area contributed by atoms with Gasteiger partial charge in [-0.2, -0.15) is 10.1 Å². The van der Waals surface area contributed by atoms with Crippen molar-refractivity contribution in [2.75, 3.05) is 23.4 Å². The van der Waals surface area contributed by atoms with Gasteiger partial charge in [-0.05, 0) is 31.0 Å². The largest absolute Gasteiger partial charge is 0.383 e. The molecule has 0 radical (unpaired) electrons. The van der Waals surface area contributed by atoms with E-state index < -0.39 is 0 Å². The van der Waals surface area contributed by atoms with Crippen LogP contribution in [0.3, 0.4) is 0 Å². The number of hydrogen-bond acceptors (Lipinski definition) is 6. The maximum atomic E-state index is 6.15. The summed E-state index contributed by atoms with van der Waals surface area (Å²) in [5.41, 5.74) is 17.5. The molecule has 0 aliphatic rings. The second kappa shape index (κ2) is 7.04. The first kappa shape index (κ1) is 16.0. The maximum Gasteiger partial charge on any atom is 0.222 e. The van der Waals surface area contributed by atoms with Crippen molar-refractivity contribution in [2.24, 2.45) is 10.3 Å². The molecule has 2 rings (SSSR count). The molecule has 116 valence electrons. The second-order valence-electron chi connectivity index (χ2n) is 4.51. The summed E-state index contributed by atoms with van der Waals surface area (Å²) in [7, 11) is 0. The Morgan fingerprint density at radius 2 is 2.00 bits per heavy atom. The van der Waals surface area contributed by atoms with Crippen molar-refractivity contribution in [2.45, 2.75) is 20.3 Å². The fourth-order valence-corrected chi connectivity index (χ4v) is 2.20. The van der Waals surface area contributed by atoms with Crippen LogP contribution >= 0.6 is 11.6 Å². The Kier molecular flexibility index (Phi) is 5.11. The smallest absolute Gasteiger partial charge is 0.222 e. The number of aromatic nitrogens is 2. The lowest BCUT2D eigenvalue weighted by Crippen LogP contribution is -2.06. The van der Waals surface area contributed by atoms with Crippen LogP contribution in [0.2, 0.25) is 5.02 Å². The molecule has 7 nitrogen and oxygen atoms in total. The van der Waals surface area contributed by atoms with Gasteiger partial charge in [0.25, 0.3) is 0 Å². The molecule has 0 atom stereocenters. The van der Waals surface area contributed by atoms with Gasteiger partial charge in [-0.1, -0.05) is 29.8 Å². The highest BCUT2D eigenvalue weighted by Crippen LogP contribution is 2.33. The Hall–Kier alpha value is -2.41. The second-order valence-corrected chi connectivity index (χ2v) is 4.91. The minimum atomic E-state index is 0.169. The van der Waals surface area contributed by atoms with Gasteiger partial charge in [0.15, 0.2) is 0 Å². The van der Waals surface area contributed by atoms with Crippen molar-refractivity contribution in [3.63, 3.8) is 0 Å². The number of rotatable bonds is 5. The topological polar surface area (TPSA) is 115 Å². The third-order valence-corrected chi connectivity index (χ3v) is 3.33. The molecule has 0 saturated carbocycles. The minimum absolute atomic E-state index is 0.169. The SMILES string of the molecule is CCN=NNc1cc(-c2c(N)nc(N)nc2CC)ccc1Cl. The van der Waals surface area contributed by atoms with Crippen LogP contribution in [0.1, 0.15) is 19.5 Å². The number of nitrogens with zero attached hydrogens (tertiary/aromatic N) is 4. The predicted molar refractivity (Wildman–Crippen MR) is 89.7 cm³/mol. The highest BCUT2D eigenvalue weighted by molar-refractivity contribution is 6.33. The van der Waals surface area contributed by atoms with E-state index >= 15 is 0 Å². The zero-order chi connectivity index (χ0) is 16.1. The lowest BCUT2D eigenvalue weighted by atomic mass is 10.0.